The van der Waals surface area contributed by atoms with Crippen LogP contribution < -0.4 is 5.01 Å². The number of para-hydroxylation sites is 1. The molecule has 0 spiro atoms. The van der Waals surface area contributed by atoms with Crippen molar-refractivity contribution in [2.24, 2.45) is 11.0 Å². The van der Waals surface area contributed by atoms with Gasteiger partial charge in [0.05, 0.1) is 17.3 Å². The number of anilines is 1. The Bertz CT molecular complexity index is 937. The smallest absolute Gasteiger partial charge is 0.256 e. The predicted octanol–water partition coefficient (Wildman–Crippen LogP) is 5.06. The van der Waals surface area contributed by atoms with Gasteiger partial charge in [-0.3, -0.25) is 4.79 Å². The molecule has 1 heterocycles. The molecule has 0 saturated carbocycles. The quantitative estimate of drug-likeness (QED) is 0.597. The largest absolute Gasteiger partial charge is 0.272 e. The Hall–Kier alpha value is -2.72. The fourth-order valence-electron chi connectivity index (χ4n) is 3.15. The highest BCUT2D eigenvalue weighted by molar-refractivity contribution is 9.10. The summed E-state index contributed by atoms with van der Waals surface area (Å²) in [6.07, 6.45) is 0.628. The maximum atomic E-state index is 13.2. The van der Waals surface area contributed by atoms with E-state index in [2.05, 4.69) is 15.9 Å². The zero-order valence-electron chi connectivity index (χ0n) is 14.0. The molecule has 1 aliphatic heterocycles. The summed E-state index contributed by atoms with van der Waals surface area (Å²) in [7, 11) is 0. The molecule has 4 rings (SSSR count). The number of rotatable bonds is 4. The van der Waals surface area contributed by atoms with E-state index in [1.54, 1.807) is 0 Å². The summed E-state index contributed by atoms with van der Waals surface area (Å²) in [5.74, 6) is -0.281. The molecule has 1 unspecified atom stereocenters. The molecule has 4 heteroatoms. The van der Waals surface area contributed by atoms with Crippen molar-refractivity contribution in [2.45, 2.75) is 6.42 Å². The molecule has 1 amide bonds. The number of hydrogen-bond donors (Lipinski definition) is 0. The fraction of sp³-hybridized carbons (Fsp3) is 0.0909. The van der Waals surface area contributed by atoms with Gasteiger partial charge >= 0.3 is 0 Å². The summed E-state index contributed by atoms with van der Waals surface area (Å²) in [6.45, 7) is 0. The molecule has 0 aliphatic carbocycles. The average Bonchev–Trinajstić information content (AvgIpc) is 3.01. The van der Waals surface area contributed by atoms with Crippen LogP contribution in [0.25, 0.3) is 0 Å². The summed E-state index contributed by atoms with van der Waals surface area (Å²) < 4.78 is 1.03. The van der Waals surface area contributed by atoms with Crippen molar-refractivity contribution in [3.63, 3.8) is 0 Å². The van der Waals surface area contributed by atoms with E-state index >= 15 is 0 Å². The molecular formula is C22H17BrN2O. The first-order valence-electron chi connectivity index (χ1n) is 8.50. The highest BCUT2D eigenvalue weighted by Gasteiger charge is 2.37. The number of hydrogen-bond acceptors (Lipinski definition) is 2. The van der Waals surface area contributed by atoms with Crippen LogP contribution in [0, 0.1) is 5.92 Å². The number of amides is 1. The molecule has 3 aromatic rings. The Kier molecular flexibility index (Phi) is 4.67. The van der Waals surface area contributed by atoms with Crippen molar-refractivity contribution >= 4 is 33.2 Å². The van der Waals surface area contributed by atoms with Crippen molar-refractivity contribution in [1.29, 1.82) is 0 Å². The van der Waals surface area contributed by atoms with Crippen LogP contribution in [0.4, 0.5) is 5.69 Å². The van der Waals surface area contributed by atoms with Crippen molar-refractivity contribution in [3.8, 4) is 0 Å². The molecule has 3 nitrogen and oxygen atoms in total. The first kappa shape index (κ1) is 16.7. The Morgan fingerprint density at radius 1 is 0.846 bits per heavy atom. The highest BCUT2D eigenvalue weighted by Crippen LogP contribution is 2.29. The van der Waals surface area contributed by atoms with Gasteiger partial charge in [0.1, 0.15) is 0 Å². The van der Waals surface area contributed by atoms with E-state index in [1.807, 2.05) is 84.9 Å². The van der Waals surface area contributed by atoms with E-state index in [0.717, 1.165) is 27.0 Å². The maximum absolute atomic E-state index is 13.2. The molecule has 128 valence electrons. The van der Waals surface area contributed by atoms with Crippen molar-refractivity contribution in [3.05, 3.63) is 101 Å². The minimum atomic E-state index is -0.293. The number of hydrazone groups is 1. The van der Waals surface area contributed by atoms with Crippen LogP contribution >= 0.6 is 15.9 Å². The first-order chi connectivity index (χ1) is 12.7. The molecule has 3 aromatic carbocycles. The standard InChI is InChI=1S/C22H17BrN2O/c23-18-13-11-16(12-14-18)15-20-21(17-7-3-1-4-8-17)24-25(22(20)26)19-9-5-2-6-10-19/h1-14,20H,15H2. The van der Waals surface area contributed by atoms with Crippen LogP contribution in [0.1, 0.15) is 11.1 Å². The molecule has 0 radical (unpaired) electrons. The van der Waals surface area contributed by atoms with E-state index in [0.29, 0.717) is 6.42 Å². The fourth-order valence-corrected chi connectivity index (χ4v) is 3.42. The molecule has 26 heavy (non-hydrogen) atoms. The molecule has 0 N–H and O–H groups in total. The van der Waals surface area contributed by atoms with E-state index in [9.17, 15) is 4.79 Å². The number of carbonyl (C=O) groups excluding carboxylic acids is 1. The Labute approximate surface area is 161 Å². The van der Waals surface area contributed by atoms with Crippen LogP contribution in [0.2, 0.25) is 0 Å². The Balaban J connectivity index is 1.72. The molecular weight excluding hydrogens is 388 g/mol. The molecule has 1 aliphatic rings. The van der Waals surface area contributed by atoms with Gasteiger partial charge in [-0.15, -0.1) is 0 Å². The lowest BCUT2D eigenvalue weighted by atomic mass is 9.90. The lowest BCUT2D eigenvalue weighted by molar-refractivity contribution is -0.119. The second kappa shape index (κ2) is 7.26. The highest BCUT2D eigenvalue weighted by atomic mass is 79.9. The summed E-state index contributed by atoms with van der Waals surface area (Å²) in [6, 6.07) is 27.6. The second-order valence-corrected chi connectivity index (χ2v) is 7.14. The van der Waals surface area contributed by atoms with Gasteiger partial charge in [0.2, 0.25) is 0 Å². The van der Waals surface area contributed by atoms with Crippen LogP contribution in [-0.4, -0.2) is 11.6 Å². The number of halogens is 1. The minimum absolute atomic E-state index is 0.0120. The molecule has 1 atom stereocenters. The summed E-state index contributed by atoms with van der Waals surface area (Å²) >= 11 is 3.46. The van der Waals surface area contributed by atoms with Crippen molar-refractivity contribution < 1.29 is 4.79 Å². The summed E-state index contributed by atoms with van der Waals surface area (Å²) in [5.41, 5.74) is 3.72. The van der Waals surface area contributed by atoms with Gasteiger partial charge in [0.25, 0.3) is 5.91 Å². The van der Waals surface area contributed by atoms with Crippen LogP contribution in [-0.2, 0) is 11.2 Å². The number of benzene rings is 3. The Morgan fingerprint density at radius 2 is 1.46 bits per heavy atom. The van der Waals surface area contributed by atoms with Crippen LogP contribution in [0.3, 0.4) is 0 Å². The molecule has 0 fully saturated rings. The van der Waals surface area contributed by atoms with Gasteiger partial charge in [-0.25, -0.2) is 0 Å². The molecule has 0 bridgehead atoms. The first-order valence-corrected chi connectivity index (χ1v) is 9.29. The monoisotopic (exact) mass is 404 g/mol. The van der Waals surface area contributed by atoms with Gasteiger partial charge in [0.15, 0.2) is 0 Å². The van der Waals surface area contributed by atoms with E-state index in [1.165, 1.54) is 5.01 Å². The Morgan fingerprint density at radius 3 is 2.12 bits per heavy atom. The van der Waals surface area contributed by atoms with E-state index < -0.39 is 0 Å². The van der Waals surface area contributed by atoms with Crippen molar-refractivity contribution in [2.75, 3.05) is 5.01 Å². The SMILES string of the molecule is O=C1C(Cc2ccc(Br)cc2)C(c2ccccc2)=NN1c1ccccc1. The maximum Gasteiger partial charge on any atom is 0.256 e. The van der Waals surface area contributed by atoms with Gasteiger partial charge in [-0.1, -0.05) is 76.6 Å². The second-order valence-electron chi connectivity index (χ2n) is 6.22. The predicted molar refractivity (Wildman–Crippen MR) is 108 cm³/mol. The third kappa shape index (κ3) is 3.33. The third-order valence-electron chi connectivity index (χ3n) is 4.47. The normalized spacial score (nSPS) is 16.7. The zero-order chi connectivity index (χ0) is 17.9. The summed E-state index contributed by atoms with van der Waals surface area (Å²) in [5, 5.41) is 6.23. The number of nitrogens with zero attached hydrogens (tertiary/aromatic N) is 2. The van der Waals surface area contributed by atoms with Gasteiger partial charge in [0, 0.05) is 4.47 Å². The van der Waals surface area contributed by atoms with E-state index in [4.69, 9.17) is 5.10 Å². The van der Waals surface area contributed by atoms with Crippen LogP contribution in [0.15, 0.2) is 94.5 Å². The topological polar surface area (TPSA) is 32.7 Å². The average molecular weight is 405 g/mol. The molecule has 0 saturated heterocycles. The van der Waals surface area contributed by atoms with Gasteiger partial charge < -0.3 is 0 Å². The van der Waals surface area contributed by atoms with Gasteiger partial charge in [-0.05, 0) is 41.8 Å². The lowest BCUT2D eigenvalue weighted by Gasteiger charge is -2.14. The van der Waals surface area contributed by atoms with Crippen LogP contribution in [0.5, 0.6) is 0 Å². The number of carbonyl (C=O) groups is 1. The van der Waals surface area contributed by atoms with E-state index in [-0.39, 0.29) is 11.8 Å². The summed E-state index contributed by atoms with van der Waals surface area (Å²) in [4.78, 5) is 13.2. The molecule has 0 aromatic heterocycles. The van der Waals surface area contributed by atoms with Gasteiger partial charge in [-0.2, -0.15) is 10.1 Å². The minimum Gasteiger partial charge on any atom is -0.272 e. The zero-order valence-corrected chi connectivity index (χ0v) is 15.6. The van der Waals surface area contributed by atoms with Crippen molar-refractivity contribution in [1.82, 2.24) is 0 Å². The third-order valence-corrected chi connectivity index (χ3v) is 5.00. The lowest BCUT2D eigenvalue weighted by Crippen LogP contribution is -2.29.